The molecule has 0 saturated carbocycles. The Bertz CT molecular complexity index is 960. The average molecular weight is 720 g/mol. The number of nitrogens with zero attached hydrogens (tertiary/aromatic N) is 4. The molecular weight excluding hydrogens is 641 g/mol. The molecule has 1 unspecified atom stereocenters. The van der Waals surface area contributed by atoms with Gasteiger partial charge in [-0.15, -0.1) is 4.37 Å². The predicted octanol–water partition coefficient (Wildman–Crippen LogP) is 12.7. The van der Waals surface area contributed by atoms with Crippen molar-refractivity contribution in [2.24, 2.45) is 0 Å². The van der Waals surface area contributed by atoms with Crippen LogP contribution in [0.3, 0.4) is 0 Å². The maximum Gasteiger partial charge on any atom is 0.414 e. The number of amides is 1. The molecule has 0 spiro atoms. The fraction of sp³-hybridized carbons (Fsp3) is 0.881. The van der Waals surface area contributed by atoms with Crippen LogP contribution in [0, 0.1) is 0 Å². The van der Waals surface area contributed by atoms with Gasteiger partial charge < -0.3 is 14.4 Å². The van der Waals surface area contributed by atoms with Crippen LogP contribution in [0.1, 0.15) is 200 Å². The van der Waals surface area contributed by atoms with Gasteiger partial charge in [0.2, 0.25) is 6.73 Å². The molecule has 50 heavy (non-hydrogen) atoms. The van der Waals surface area contributed by atoms with Crippen LogP contribution < -0.4 is 4.74 Å². The molecule has 290 valence electrons. The summed E-state index contributed by atoms with van der Waals surface area (Å²) in [6.45, 7) is 11.2. The summed E-state index contributed by atoms with van der Waals surface area (Å²) < 4.78 is 21.9. The highest BCUT2D eigenvalue weighted by atomic mass is 32.1. The normalized spacial score (nSPS) is 16.0. The molecule has 0 fully saturated rings. The number of unbranched alkanes of at least 4 members (excludes halogenated alkanes) is 23. The summed E-state index contributed by atoms with van der Waals surface area (Å²) in [5.41, 5.74) is 2.03. The van der Waals surface area contributed by atoms with Gasteiger partial charge in [0.15, 0.2) is 0 Å². The van der Waals surface area contributed by atoms with Crippen LogP contribution >= 0.6 is 11.7 Å². The van der Waals surface area contributed by atoms with Crippen LogP contribution in [0.25, 0.3) is 5.57 Å². The minimum Gasteiger partial charge on any atom is -0.475 e. The zero-order valence-electron chi connectivity index (χ0n) is 33.3. The quantitative estimate of drug-likeness (QED) is 0.0534. The van der Waals surface area contributed by atoms with Gasteiger partial charge in [-0.2, -0.15) is 4.37 Å². The minimum atomic E-state index is -0.133. The summed E-state index contributed by atoms with van der Waals surface area (Å²) in [6, 6.07) is 0. The van der Waals surface area contributed by atoms with Gasteiger partial charge in [-0.3, -0.25) is 4.48 Å². The highest BCUT2D eigenvalue weighted by Gasteiger charge is 2.32. The van der Waals surface area contributed by atoms with Crippen LogP contribution in [-0.2, 0) is 4.74 Å². The van der Waals surface area contributed by atoms with Crippen molar-refractivity contribution >= 4 is 23.4 Å². The molecule has 0 saturated heterocycles. The summed E-state index contributed by atoms with van der Waals surface area (Å²) >= 11 is 1.22. The molecule has 1 aliphatic heterocycles. The standard InChI is InChI=1S/C42H79N4O3S/c1-5-8-11-14-16-18-20-22-24-26-28-33-45(34-29-27-25-23-21-19-17-15-12-9-6-2)42(47)49-38-46(4)35-31-32-39(37-46)40-41(44-50-43-40)48-36-30-13-10-7-3/h32H,5-31,33-38H2,1-4H3/q+1. The molecular formula is C42H79N4O3S+. The van der Waals surface area contributed by atoms with Crippen molar-refractivity contribution in [2.45, 2.75) is 194 Å². The van der Waals surface area contributed by atoms with Crippen LogP contribution in [0.5, 0.6) is 5.88 Å². The van der Waals surface area contributed by atoms with E-state index in [4.69, 9.17) is 9.47 Å². The van der Waals surface area contributed by atoms with E-state index in [1.165, 1.54) is 159 Å². The van der Waals surface area contributed by atoms with E-state index in [1.807, 2.05) is 4.90 Å². The smallest absolute Gasteiger partial charge is 0.414 e. The van der Waals surface area contributed by atoms with Gasteiger partial charge in [0.25, 0.3) is 5.88 Å². The van der Waals surface area contributed by atoms with Crippen molar-refractivity contribution < 1.29 is 18.8 Å². The number of aromatic nitrogens is 2. The second-order valence-corrected chi connectivity index (χ2v) is 16.0. The molecule has 0 N–H and O–H groups in total. The topological polar surface area (TPSA) is 64.6 Å². The molecule has 1 aliphatic rings. The summed E-state index contributed by atoms with van der Waals surface area (Å²) in [5.74, 6) is 0.660. The van der Waals surface area contributed by atoms with Crippen molar-refractivity contribution in [1.82, 2.24) is 13.6 Å². The van der Waals surface area contributed by atoms with Crippen LogP contribution in [0.4, 0.5) is 4.79 Å². The van der Waals surface area contributed by atoms with E-state index in [0.29, 0.717) is 23.7 Å². The Kier molecular flexibility index (Phi) is 26.6. The molecule has 2 rings (SSSR count). The van der Waals surface area contributed by atoms with Crippen molar-refractivity contribution in [3.63, 3.8) is 0 Å². The second kappa shape index (κ2) is 29.9. The number of hydrogen-bond acceptors (Lipinski definition) is 6. The van der Waals surface area contributed by atoms with Gasteiger partial charge >= 0.3 is 6.09 Å². The maximum atomic E-state index is 13.6. The van der Waals surface area contributed by atoms with Crippen molar-refractivity contribution in [3.8, 4) is 5.88 Å². The number of ether oxygens (including phenoxy) is 2. The van der Waals surface area contributed by atoms with E-state index in [0.717, 1.165) is 63.1 Å². The van der Waals surface area contributed by atoms with E-state index in [-0.39, 0.29) is 6.09 Å². The molecule has 0 radical (unpaired) electrons. The van der Waals surface area contributed by atoms with Gasteiger partial charge in [-0.25, -0.2) is 4.79 Å². The Balaban J connectivity index is 1.79. The lowest BCUT2D eigenvalue weighted by Crippen LogP contribution is -2.50. The number of quaternary nitrogens is 1. The van der Waals surface area contributed by atoms with E-state index < -0.39 is 0 Å². The maximum absolute atomic E-state index is 13.6. The summed E-state index contributed by atoms with van der Waals surface area (Å²) in [6.07, 6.45) is 36.7. The third kappa shape index (κ3) is 21.0. The lowest BCUT2D eigenvalue weighted by atomic mass is 10.1. The Labute approximate surface area is 313 Å². The molecule has 7 nitrogen and oxygen atoms in total. The largest absolute Gasteiger partial charge is 0.475 e. The third-order valence-electron chi connectivity index (χ3n) is 10.4. The van der Waals surface area contributed by atoms with Crippen molar-refractivity contribution in [3.05, 3.63) is 11.8 Å². The van der Waals surface area contributed by atoms with Gasteiger partial charge in [0.1, 0.15) is 12.2 Å². The van der Waals surface area contributed by atoms with Gasteiger partial charge in [0.05, 0.1) is 31.9 Å². The fourth-order valence-electron chi connectivity index (χ4n) is 7.09. The number of hydrogen-bond donors (Lipinski definition) is 0. The average Bonchev–Trinajstić information content (AvgIpc) is 3.59. The zero-order chi connectivity index (χ0) is 36.0. The number of likely N-dealkylation sites (N-methyl/N-ethyl adjacent to an activating group) is 1. The Morgan fingerprint density at radius 1 is 0.680 bits per heavy atom. The number of carbonyl (C=O) groups is 1. The third-order valence-corrected chi connectivity index (χ3v) is 10.9. The van der Waals surface area contributed by atoms with Gasteiger partial charge in [-0.1, -0.05) is 175 Å². The number of carbonyl (C=O) groups excluding carboxylic acids is 1. The van der Waals surface area contributed by atoms with E-state index in [2.05, 4.69) is 42.6 Å². The first-order chi connectivity index (χ1) is 24.5. The van der Waals surface area contributed by atoms with Crippen LogP contribution in [0.2, 0.25) is 0 Å². The van der Waals surface area contributed by atoms with E-state index >= 15 is 0 Å². The van der Waals surface area contributed by atoms with Gasteiger partial charge in [0, 0.05) is 25.1 Å². The molecule has 1 atom stereocenters. The fourth-order valence-corrected chi connectivity index (χ4v) is 7.62. The van der Waals surface area contributed by atoms with E-state index in [1.54, 1.807) is 0 Å². The lowest BCUT2D eigenvalue weighted by Gasteiger charge is -2.37. The molecule has 1 amide bonds. The van der Waals surface area contributed by atoms with Crippen LogP contribution in [0.15, 0.2) is 6.08 Å². The molecule has 8 heteroatoms. The Hall–Kier alpha value is -1.67. The SMILES string of the molecule is CCCCCCCCCCCCCN(CCCCCCCCCCCCC)C(=O)OC[N+]1(C)CCC=C(c2nsnc2OCCCCCC)C1. The second-order valence-electron chi connectivity index (χ2n) is 15.4. The van der Waals surface area contributed by atoms with Gasteiger partial charge in [-0.05, 0) is 19.3 Å². The first-order valence-electron chi connectivity index (χ1n) is 21.4. The predicted molar refractivity (Wildman–Crippen MR) is 214 cm³/mol. The monoisotopic (exact) mass is 720 g/mol. The molecule has 1 aromatic rings. The molecule has 0 bridgehead atoms. The highest BCUT2D eigenvalue weighted by Crippen LogP contribution is 2.30. The molecule has 0 aliphatic carbocycles. The minimum absolute atomic E-state index is 0.133. The van der Waals surface area contributed by atoms with Crippen molar-refractivity contribution in [1.29, 1.82) is 0 Å². The van der Waals surface area contributed by atoms with Crippen molar-refractivity contribution in [2.75, 3.05) is 46.6 Å². The first kappa shape index (κ1) is 44.5. The summed E-state index contributed by atoms with van der Waals surface area (Å²) in [5, 5.41) is 0. The summed E-state index contributed by atoms with van der Waals surface area (Å²) in [7, 11) is 2.20. The van der Waals surface area contributed by atoms with E-state index in [9.17, 15) is 4.79 Å². The Morgan fingerprint density at radius 2 is 1.14 bits per heavy atom. The summed E-state index contributed by atoms with van der Waals surface area (Å²) in [4.78, 5) is 15.6. The lowest BCUT2D eigenvalue weighted by molar-refractivity contribution is -0.919. The van der Waals surface area contributed by atoms with Crippen LogP contribution in [-0.4, -0.2) is 70.8 Å². The zero-order valence-corrected chi connectivity index (χ0v) is 34.2. The molecule has 0 aromatic carbocycles. The first-order valence-corrected chi connectivity index (χ1v) is 22.2. The Morgan fingerprint density at radius 3 is 1.64 bits per heavy atom. The number of rotatable bonds is 33. The highest BCUT2D eigenvalue weighted by molar-refractivity contribution is 6.99. The molecule has 2 heterocycles. The molecule has 1 aromatic heterocycles.